The zero-order chi connectivity index (χ0) is 64.4. The molecule has 3 heterocycles. The number of carbonyl (C=O) groups excluding carboxylic acids is 2. The molecule has 14 N–H and O–H groups in total. The highest BCUT2D eigenvalue weighted by molar-refractivity contribution is 14.1. The van der Waals surface area contributed by atoms with Crippen molar-refractivity contribution in [2.45, 2.75) is 310 Å². The quantitative estimate of drug-likeness (QED) is 0.0230. The molecule has 0 aromatic heterocycles. The predicted molar refractivity (Wildman–Crippen MR) is 334 cm³/mol. The highest BCUT2D eigenvalue weighted by atomic mass is 127. The molecule has 4 rings (SSSR count). The molecule has 3 aliphatic heterocycles. The van der Waals surface area contributed by atoms with E-state index in [-0.39, 0.29) is 17.9 Å². The molecule has 88 heavy (non-hydrogen) atoms. The summed E-state index contributed by atoms with van der Waals surface area (Å²) in [6.07, 6.45) is 5.10. The number of ether oxygens (including phenoxy) is 6. The number of halogens is 1. The van der Waals surface area contributed by atoms with Gasteiger partial charge in [-0.2, -0.15) is 0 Å². The summed E-state index contributed by atoms with van der Waals surface area (Å²) in [4.78, 5) is 40.0. The molecule has 24 heteroatoms. The van der Waals surface area contributed by atoms with Gasteiger partial charge in [-0.15, -0.1) is 0 Å². The lowest BCUT2D eigenvalue weighted by molar-refractivity contribution is -0.386. The van der Waals surface area contributed by atoms with Gasteiger partial charge >= 0.3 is 5.97 Å². The summed E-state index contributed by atoms with van der Waals surface area (Å²) in [6, 6.07) is 3.43. The monoisotopic (exact) mass is 1370 g/mol. The van der Waals surface area contributed by atoms with E-state index in [1.165, 1.54) is 128 Å². The number of amides is 2. The number of unbranched alkanes of at least 4 members (excludes halogenated alkanes) is 25. The summed E-state index contributed by atoms with van der Waals surface area (Å²) in [5, 5.41) is 138. The Kier molecular flexibility index (Phi) is 38.4. The van der Waals surface area contributed by atoms with Crippen LogP contribution < -0.4 is 10.6 Å². The summed E-state index contributed by atoms with van der Waals surface area (Å²) in [5.74, 6) is -6.25. The normalized spacial score (nSPS) is 29.0. The van der Waals surface area contributed by atoms with Gasteiger partial charge in [-0.1, -0.05) is 180 Å². The molecule has 3 aliphatic rings. The molecular weight excluding hydrogens is 1260 g/mol. The lowest BCUT2D eigenvalue weighted by Crippen LogP contribution is -2.71. The minimum atomic E-state index is -3.13. The highest BCUT2D eigenvalue weighted by Gasteiger charge is 2.60. The fourth-order valence-electron chi connectivity index (χ4n) is 11.5. The standard InChI is InChI=1S/C64H109IN2O21/c1-3-5-7-9-11-13-15-17-18-20-22-24-26-28-30-32-50(74)66-44(45(71)31-29-27-25-23-21-19-16-14-12-10-8-6-4-2)41-83-61-55(78)54(77)57(49(40-70)85-61)86-62-56(79)59(53(76)48(39-69)84-62)88-64(63(81)82)37-46(72)51(58(87-64)52(75)47(73)38-68)67-60(80)42-33-35-43(65)36-34-42/h29,31,33-36,44-49,51-59,61-62,68-73,75-79H,3-28,30,32,37-41H2,1-2H3,(H,66,74)(H,67,80)(H,81,82)/b31-29+/t44-,45+,46-,47+,48+,49+,51+,52+,53-,54+,55+,56+,57+,58+,59-,61+,62-,64-/m0/s1. The number of rotatable bonds is 46. The van der Waals surface area contributed by atoms with Crippen molar-refractivity contribution in [1.82, 2.24) is 10.6 Å². The molecule has 18 atom stereocenters. The van der Waals surface area contributed by atoms with Gasteiger partial charge in [-0.05, 0) is 66.1 Å². The van der Waals surface area contributed by atoms with Crippen molar-refractivity contribution < 1.29 is 104 Å². The summed E-state index contributed by atoms with van der Waals surface area (Å²) >= 11 is 2.02. The number of carbonyl (C=O) groups is 3. The molecule has 3 saturated heterocycles. The maximum absolute atomic E-state index is 13.4. The summed E-state index contributed by atoms with van der Waals surface area (Å²) in [5.41, 5.74) is 0.0923. The van der Waals surface area contributed by atoms with E-state index in [0.717, 1.165) is 48.5 Å². The van der Waals surface area contributed by atoms with E-state index in [2.05, 4.69) is 24.5 Å². The number of aliphatic hydroxyl groups excluding tert-OH is 11. The topological polar surface area (TPSA) is 373 Å². The minimum Gasteiger partial charge on any atom is -0.477 e. The van der Waals surface area contributed by atoms with Crippen LogP contribution in [0.1, 0.15) is 210 Å². The fraction of sp³-hybridized carbons (Fsp3) is 0.828. The van der Waals surface area contributed by atoms with Crippen molar-refractivity contribution in [3.8, 4) is 0 Å². The predicted octanol–water partition coefficient (Wildman–Crippen LogP) is 5.06. The van der Waals surface area contributed by atoms with Gasteiger partial charge in [0, 0.05) is 22.0 Å². The van der Waals surface area contributed by atoms with E-state index in [1.807, 2.05) is 28.7 Å². The average Bonchev–Trinajstić information content (AvgIpc) is 1.36. The first-order valence-electron chi connectivity index (χ1n) is 32.8. The van der Waals surface area contributed by atoms with Crippen LogP contribution in [-0.2, 0) is 38.0 Å². The van der Waals surface area contributed by atoms with Crippen molar-refractivity contribution in [3.63, 3.8) is 0 Å². The van der Waals surface area contributed by atoms with Crippen LogP contribution in [0.4, 0.5) is 0 Å². The van der Waals surface area contributed by atoms with Crippen LogP contribution in [0.25, 0.3) is 0 Å². The molecule has 0 bridgehead atoms. The second-order valence-electron chi connectivity index (χ2n) is 24.2. The van der Waals surface area contributed by atoms with Crippen molar-refractivity contribution in [3.05, 3.63) is 45.6 Å². The summed E-state index contributed by atoms with van der Waals surface area (Å²) in [6.45, 7) is 1.01. The number of carboxylic acids is 1. The number of hydrogen-bond donors (Lipinski definition) is 14. The Labute approximate surface area is 534 Å². The number of carboxylic acid groups (broad SMARTS) is 1. The lowest BCUT2D eigenvalue weighted by Gasteiger charge is -2.50. The summed E-state index contributed by atoms with van der Waals surface area (Å²) < 4.78 is 35.9. The summed E-state index contributed by atoms with van der Waals surface area (Å²) in [7, 11) is 0. The van der Waals surface area contributed by atoms with Crippen LogP contribution in [0.2, 0.25) is 0 Å². The van der Waals surface area contributed by atoms with E-state index in [4.69, 9.17) is 28.4 Å². The van der Waals surface area contributed by atoms with Gasteiger partial charge in [-0.3, -0.25) is 9.59 Å². The lowest BCUT2D eigenvalue weighted by atomic mass is 9.88. The number of allylic oxidation sites excluding steroid dienone is 1. The van der Waals surface area contributed by atoms with E-state index >= 15 is 0 Å². The fourth-order valence-corrected chi connectivity index (χ4v) is 11.9. The number of aliphatic carboxylic acids is 1. The molecule has 508 valence electrons. The van der Waals surface area contributed by atoms with E-state index < -0.39 is 155 Å². The van der Waals surface area contributed by atoms with Gasteiger partial charge in [0.15, 0.2) is 12.6 Å². The minimum absolute atomic E-state index is 0.0923. The van der Waals surface area contributed by atoms with Crippen molar-refractivity contribution in [1.29, 1.82) is 0 Å². The molecule has 3 fully saturated rings. The molecule has 0 aliphatic carbocycles. The molecule has 2 amide bonds. The van der Waals surface area contributed by atoms with E-state index in [9.17, 15) is 75.7 Å². The first kappa shape index (κ1) is 77.9. The number of aliphatic hydroxyl groups is 11. The Morgan fingerprint density at radius 2 is 1.17 bits per heavy atom. The molecule has 1 aromatic rings. The third kappa shape index (κ3) is 26.1. The van der Waals surface area contributed by atoms with Gasteiger partial charge in [0.1, 0.15) is 67.1 Å². The van der Waals surface area contributed by atoms with Crippen molar-refractivity contribution in [2.75, 3.05) is 26.4 Å². The first-order chi connectivity index (χ1) is 42.4. The van der Waals surface area contributed by atoms with Crippen molar-refractivity contribution in [2.24, 2.45) is 0 Å². The van der Waals surface area contributed by atoms with Crippen molar-refractivity contribution >= 4 is 40.4 Å². The number of hydrogen-bond acceptors (Lipinski definition) is 20. The van der Waals surface area contributed by atoms with E-state index in [1.54, 1.807) is 18.2 Å². The second-order valence-corrected chi connectivity index (χ2v) is 25.5. The Bertz CT molecular complexity index is 2080. The van der Waals surface area contributed by atoms with Gasteiger partial charge in [0.2, 0.25) is 5.91 Å². The number of benzene rings is 1. The molecule has 0 saturated carbocycles. The largest absolute Gasteiger partial charge is 0.477 e. The molecule has 0 radical (unpaired) electrons. The highest BCUT2D eigenvalue weighted by Crippen LogP contribution is 2.39. The Morgan fingerprint density at radius 3 is 1.68 bits per heavy atom. The smallest absolute Gasteiger partial charge is 0.364 e. The molecule has 23 nitrogen and oxygen atoms in total. The van der Waals surface area contributed by atoms with Gasteiger partial charge in [0.05, 0.1) is 50.7 Å². The third-order valence-electron chi connectivity index (χ3n) is 17.0. The number of nitrogens with one attached hydrogen (secondary N) is 2. The molecule has 1 aromatic carbocycles. The Hall–Kier alpha value is -2.58. The molecule has 0 unspecified atom stereocenters. The second kappa shape index (κ2) is 43.3. The molecular formula is C64H109IN2O21. The van der Waals surface area contributed by atoms with Crippen LogP contribution in [0.3, 0.4) is 0 Å². The van der Waals surface area contributed by atoms with Gasteiger partial charge < -0.3 is 100 Å². The Morgan fingerprint density at radius 1 is 0.659 bits per heavy atom. The third-order valence-corrected chi connectivity index (χ3v) is 17.7. The molecule has 0 spiro atoms. The van der Waals surface area contributed by atoms with Gasteiger partial charge in [0.25, 0.3) is 11.7 Å². The van der Waals surface area contributed by atoms with E-state index in [0.29, 0.717) is 12.8 Å². The van der Waals surface area contributed by atoms with Crippen LogP contribution in [-0.4, -0.2) is 215 Å². The van der Waals surface area contributed by atoms with Gasteiger partial charge in [-0.25, -0.2) is 4.79 Å². The maximum Gasteiger partial charge on any atom is 0.364 e. The Balaban J connectivity index is 1.40. The van der Waals surface area contributed by atoms with Crippen LogP contribution in [0.5, 0.6) is 0 Å². The first-order valence-corrected chi connectivity index (χ1v) is 33.9. The zero-order valence-electron chi connectivity index (χ0n) is 52.0. The zero-order valence-corrected chi connectivity index (χ0v) is 54.2. The maximum atomic E-state index is 13.4. The van der Waals surface area contributed by atoms with Crippen LogP contribution in [0.15, 0.2) is 36.4 Å². The average molecular weight is 1370 g/mol. The SMILES string of the molecule is CCCCCCCCCCCCC/C=C/[C@@H](O)[C@H](CO[C@@H]1O[C@H](CO)[C@@H](O[C@@H]2O[C@H](CO)[C@H](O)[C@H](O[C@]3(C(=O)O)C[C@H](O)[C@@H](NC(=O)c4ccc(I)cc4)[C@H]([C@H](O)[C@H](O)CO)O3)[C@H]2O)[C@H](O)[C@H]1O)NC(=O)CCCCCCCCCCCCCCCCC. The van der Waals surface area contributed by atoms with Crippen LogP contribution in [0, 0.1) is 3.57 Å². The van der Waals surface area contributed by atoms with Crippen LogP contribution >= 0.6 is 22.6 Å².